The standard InChI is InChI=1S/C26H20N4O3/c1-17(23-15-19-11-5-8-14-22(19)33-23)27-28-25(31)24-20-12-6-7-13-21(20)26(32)30(29-24)16-18-9-3-2-4-10-18/h2-15H,16H2,1H3,(H,28,31)/b27-17+. The van der Waals surface area contributed by atoms with E-state index < -0.39 is 5.91 Å². The Labute approximate surface area is 189 Å². The molecular weight excluding hydrogens is 416 g/mol. The van der Waals surface area contributed by atoms with Crippen molar-refractivity contribution >= 4 is 33.4 Å². The van der Waals surface area contributed by atoms with Gasteiger partial charge in [0.1, 0.15) is 11.3 Å². The maximum Gasteiger partial charge on any atom is 0.292 e. The lowest BCUT2D eigenvalue weighted by Gasteiger charge is -2.10. The molecular formula is C26H20N4O3. The summed E-state index contributed by atoms with van der Waals surface area (Å²) in [6, 6.07) is 26.0. The molecule has 7 heteroatoms. The third-order valence-corrected chi connectivity index (χ3v) is 5.37. The Bertz CT molecular complexity index is 1530. The van der Waals surface area contributed by atoms with Crippen molar-refractivity contribution in [3.63, 3.8) is 0 Å². The van der Waals surface area contributed by atoms with Gasteiger partial charge in [0.25, 0.3) is 11.5 Å². The molecule has 1 N–H and O–H groups in total. The normalized spacial score (nSPS) is 11.7. The monoisotopic (exact) mass is 436 g/mol. The molecule has 1 amide bonds. The molecule has 0 atom stereocenters. The summed E-state index contributed by atoms with van der Waals surface area (Å²) in [7, 11) is 0. The second-order valence-electron chi connectivity index (χ2n) is 7.63. The van der Waals surface area contributed by atoms with Crippen LogP contribution in [0.5, 0.6) is 0 Å². The van der Waals surface area contributed by atoms with Gasteiger partial charge in [-0.05, 0) is 30.7 Å². The zero-order chi connectivity index (χ0) is 22.8. The lowest BCUT2D eigenvalue weighted by Crippen LogP contribution is -2.29. The maximum atomic E-state index is 13.1. The Morgan fingerprint density at radius 3 is 2.45 bits per heavy atom. The largest absolute Gasteiger partial charge is 0.455 e. The molecule has 5 rings (SSSR count). The molecule has 0 aliphatic rings. The van der Waals surface area contributed by atoms with Gasteiger partial charge in [-0.1, -0.05) is 66.7 Å². The summed E-state index contributed by atoms with van der Waals surface area (Å²) in [6.45, 7) is 2.01. The summed E-state index contributed by atoms with van der Waals surface area (Å²) in [5.74, 6) is 0.0480. The highest BCUT2D eigenvalue weighted by Gasteiger charge is 2.17. The second-order valence-corrected chi connectivity index (χ2v) is 7.63. The number of hydrogen-bond acceptors (Lipinski definition) is 5. The van der Waals surface area contributed by atoms with Crippen LogP contribution in [0.2, 0.25) is 0 Å². The molecule has 0 unspecified atom stereocenters. The van der Waals surface area contributed by atoms with Crippen molar-refractivity contribution in [3.05, 3.63) is 112 Å². The number of furan rings is 1. The van der Waals surface area contributed by atoms with E-state index in [1.165, 1.54) is 4.68 Å². The molecule has 162 valence electrons. The topological polar surface area (TPSA) is 89.5 Å². The zero-order valence-corrected chi connectivity index (χ0v) is 17.9. The van der Waals surface area contributed by atoms with E-state index in [4.69, 9.17) is 4.42 Å². The van der Waals surface area contributed by atoms with Gasteiger partial charge in [0, 0.05) is 10.8 Å². The molecule has 0 aliphatic heterocycles. The highest BCUT2D eigenvalue weighted by molar-refractivity contribution is 6.06. The number of carbonyl (C=O) groups excluding carboxylic acids is 1. The predicted molar refractivity (Wildman–Crippen MR) is 127 cm³/mol. The van der Waals surface area contributed by atoms with E-state index in [2.05, 4.69) is 15.6 Å². The summed E-state index contributed by atoms with van der Waals surface area (Å²) in [6.07, 6.45) is 0. The average Bonchev–Trinajstić information content (AvgIpc) is 3.29. The van der Waals surface area contributed by atoms with Crippen LogP contribution in [-0.4, -0.2) is 21.4 Å². The van der Waals surface area contributed by atoms with Crippen molar-refractivity contribution in [3.8, 4) is 0 Å². The molecule has 0 spiro atoms. The van der Waals surface area contributed by atoms with Crippen LogP contribution in [0.25, 0.3) is 21.7 Å². The molecule has 7 nitrogen and oxygen atoms in total. The minimum absolute atomic E-state index is 0.127. The number of rotatable bonds is 5. The molecule has 33 heavy (non-hydrogen) atoms. The van der Waals surface area contributed by atoms with E-state index in [-0.39, 0.29) is 17.8 Å². The zero-order valence-electron chi connectivity index (χ0n) is 17.9. The van der Waals surface area contributed by atoms with Crippen molar-refractivity contribution in [2.24, 2.45) is 5.10 Å². The van der Waals surface area contributed by atoms with Crippen molar-refractivity contribution in [2.45, 2.75) is 13.5 Å². The van der Waals surface area contributed by atoms with Crippen LogP contribution in [0.3, 0.4) is 0 Å². The van der Waals surface area contributed by atoms with Crippen molar-refractivity contribution in [1.29, 1.82) is 0 Å². The Kier molecular flexibility index (Phi) is 5.28. The Morgan fingerprint density at radius 1 is 0.970 bits per heavy atom. The third-order valence-electron chi connectivity index (χ3n) is 5.37. The number of aromatic nitrogens is 2. The fourth-order valence-corrected chi connectivity index (χ4v) is 3.67. The van der Waals surface area contributed by atoms with Crippen LogP contribution in [0.15, 0.2) is 99.2 Å². The fraction of sp³-hybridized carbons (Fsp3) is 0.0769. The smallest absolute Gasteiger partial charge is 0.292 e. The van der Waals surface area contributed by atoms with Gasteiger partial charge in [-0.2, -0.15) is 10.2 Å². The van der Waals surface area contributed by atoms with Gasteiger partial charge in [0.05, 0.1) is 11.9 Å². The minimum atomic E-state index is -0.511. The number of nitrogens with zero attached hydrogens (tertiary/aromatic N) is 3. The summed E-state index contributed by atoms with van der Waals surface area (Å²) < 4.78 is 7.10. The summed E-state index contributed by atoms with van der Waals surface area (Å²) in [4.78, 5) is 26.0. The van der Waals surface area contributed by atoms with E-state index >= 15 is 0 Å². The summed E-state index contributed by atoms with van der Waals surface area (Å²) >= 11 is 0. The number of para-hydroxylation sites is 1. The van der Waals surface area contributed by atoms with Crippen LogP contribution in [0.1, 0.15) is 28.7 Å². The van der Waals surface area contributed by atoms with E-state index in [1.807, 2.05) is 60.7 Å². The van der Waals surface area contributed by atoms with E-state index in [0.717, 1.165) is 16.5 Å². The molecule has 2 aromatic heterocycles. The molecule has 0 radical (unpaired) electrons. The van der Waals surface area contributed by atoms with E-state index in [1.54, 1.807) is 31.2 Å². The Balaban J connectivity index is 1.49. The van der Waals surface area contributed by atoms with E-state index in [9.17, 15) is 9.59 Å². The first-order chi connectivity index (χ1) is 16.1. The summed E-state index contributed by atoms with van der Waals surface area (Å²) in [5.41, 5.74) is 4.60. The molecule has 5 aromatic rings. The van der Waals surface area contributed by atoms with Gasteiger partial charge in [0.15, 0.2) is 11.5 Å². The minimum Gasteiger partial charge on any atom is -0.455 e. The van der Waals surface area contributed by atoms with Gasteiger partial charge >= 0.3 is 0 Å². The van der Waals surface area contributed by atoms with Gasteiger partial charge in [0.2, 0.25) is 0 Å². The predicted octanol–water partition coefficient (Wildman–Crippen LogP) is 4.35. The number of amides is 1. The van der Waals surface area contributed by atoms with Crippen LogP contribution in [-0.2, 0) is 6.54 Å². The number of hydrazone groups is 1. The Hall–Kier alpha value is -4.52. The highest BCUT2D eigenvalue weighted by Crippen LogP contribution is 2.19. The van der Waals surface area contributed by atoms with Gasteiger partial charge in [-0.15, -0.1) is 0 Å². The van der Waals surface area contributed by atoms with Gasteiger partial charge in [-0.3, -0.25) is 9.59 Å². The second kappa shape index (κ2) is 8.55. The first-order valence-electron chi connectivity index (χ1n) is 10.5. The fourth-order valence-electron chi connectivity index (χ4n) is 3.67. The van der Waals surface area contributed by atoms with Crippen LogP contribution in [0, 0.1) is 0 Å². The third kappa shape index (κ3) is 4.04. The van der Waals surface area contributed by atoms with Crippen molar-refractivity contribution < 1.29 is 9.21 Å². The van der Waals surface area contributed by atoms with Crippen molar-refractivity contribution in [1.82, 2.24) is 15.2 Å². The average molecular weight is 436 g/mol. The van der Waals surface area contributed by atoms with Gasteiger partial charge in [-0.25, -0.2) is 10.1 Å². The first-order valence-corrected chi connectivity index (χ1v) is 10.5. The Morgan fingerprint density at radius 2 is 1.67 bits per heavy atom. The first kappa shape index (κ1) is 20.4. The van der Waals surface area contributed by atoms with Gasteiger partial charge < -0.3 is 4.42 Å². The molecule has 0 fully saturated rings. The number of hydrogen-bond donors (Lipinski definition) is 1. The number of carbonyl (C=O) groups is 1. The number of nitrogens with one attached hydrogen (secondary N) is 1. The molecule has 0 aliphatic carbocycles. The van der Waals surface area contributed by atoms with Crippen molar-refractivity contribution in [2.75, 3.05) is 0 Å². The lowest BCUT2D eigenvalue weighted by molar-refractivity contribution is 0.0949. The van der Waals surface area contributed by atoms with Crippen LogP contribution in [0.4, 0.5) is 0 Å². The molecule has 0 saturated heterocycles. The molecule has 0 bridgehead atoms. The van der Waals surface area contributed by atoms with Crippen LogP contribution < -0.4 is 11.0 Å². The number of benzene rings is 3. The summed E-state index contributed by atoms with van der Waals surface area (Å²) in [5, 5.41) is 10.4. The SMILES string of the molecule is C/C(=N\NC(=O)c1nn(Cc2ccccc2)c(=O)c2ccccc12)c1cc2ccccc2o1. The number of fused-ring (bicyclic) bond motifs is 2. The molecule has 3 aromatic carbocycles. The highest BCUT2D eigenvalue weighted by atomic mass is 16.3. The lowest BCUT2D eigenvalue weighted by atomic mass is 10.1. The molecule has 0 saturated carbocycles. The maximum absolute atomic E-state index is 13.1. The van der Waals surface area contributed by atoms with E-state index in [0.29, 0.717) is 22.2 Å². The molecule has 2 heterocycles. The quantitative estimate of drug-likeness (QED) is 0.328. The van der Waals surface area contributed by atoms with Crippen LogP contribution >= 0.6 is 0 Å².